The summed E-state index contributed by atoms with van der Waals surface area (Å²) in [4.78, 5) is 0. The maximum absolute atomic E-state index is 9.64. The van der Waals surface area contributed by atoms with Gasteiger partial charge in [-0.05, 0) is 19.3 Å². The van der Waals surface area contributed by atoms with Gasteiger partial charge in [0, 0.05) is 25.7 Å². The van der Waals surface area contributed by atoms with Crippen molar-refractivity contribution in [2.24, 2.45) is 5.92 Å². The second kappa shape index (κ2) is 7.21. The van der Waals surface area contributed by atoms with Crippen LogP contribution in [0.5, 0.6) is 0 Å². The molecule has 0 aliphatic carbocycles. The molecule has 0 amide bonds. The van der Waals surface area contributed by atoms with E-state index in [4.69, 9.17) is 9.47 Å². The fourth-order valence-corrected chi connectivity index (χ4v) is 1.64. The van der Waals surface area contributed by atoms with Gasteiger partial charge in [-0.15, -0.1) is 0 Å². The first-order valence-corrected chi connectivity index (χ1v) is 5.68. The number of unbranched alkanes of at least 4 members (excludes halogenated alkanes) is 1. The van der Waals surface area contributed by atoms with Gasteiger partial charge in [-0.1, -0.05) is 13.3 Å². The zero-order valence-electron chi connectivity index (χ0n) is 9.08. The molecular weight excluding hydrogens is 180 g/mol. The Labute approximate surface area is 86.4 Å². The van der Waals surface area contributed by atoms with E-state index in [0.717, 1.165) is 32.5 Å². The molecule has 1 aliphatic heterocycles. The topological polar surface area (TPSA) is 38.7 Å². The monoisotopic (exact) mass is 202 g/mol. The van der Waals surface area contributed by atoms with Gasteiger partial charge in [-0.2, -0.15) is 0 Å². The van der Waals surface area contributed by atoms with Crippen LogP contribution in [-0.2, 0) is 9.47 Å². The summed E-state index contributed by atoms with van der Waals surface area (Å²) in [6.07, 6.45) is 3.82. The van der Waals surface area contributed by atoms with E-state index < -0.39 is 0 Å². The van der Waals surface area contributed by atoms with Crippen LogP contribution in [0.3, 0.4) is 0 Å². The van der Waals surface area contributed by atoms with Crippen LogP contribution >= 0.6 is 0 Å². The Kier molecular flexibility index (Phi) is 6.15. The van der Waals surface area contributed by atoms with Crippen LogP contribution in [0.4, 0.5) is 0 Å². The Morgan fingerprint density at radius 1 is 1.43 bits per heavy atom. The number of aliphatic hydroxyl groups excluding tert-OH is 1. The van der Waals surface area contributed by atoms with Gasteiger partial charge < -0.3 is 14.6 Å². The van der Waals surface area contributed by atoms with Crippen molar-refractivity contribution >= 4 is 0 Å². The van der Waals surface area contributed by atoms with Crippen LogP contribution in [0.25, 0.3) is 0 Å². The molecule has 2 unspecified atom stereocenters. The molecule has 3 nitrogen and oxygen atoms in total. The van der Waals surface area contributed by atoms with Crippen molar-refractivity contribution in [2.75, 3.05) is 26.4 Å². The largest absolute Gasteiger partial charge is 0.393 e. The van der Waals surface area contributed by atoms with Gasteiger partial charge in [-0.25, -0.2) is 0 Å². The molecule has 3 heteroatoms. The van der Waals surface area contributed by atoms with Gasteiger partial charge in [0.15, 0.2) is 0 Å². The Morgan fingerprint density at radius 3 is 3.00 bits per heavy atom. The van der Waals surface area contributed by atoms with Crippen molar-refractivity contribution in [1.29, 1.82) is 0 Å². The summed E-state index contributed by atoms with van der Waals surface area (Å²) < 4.78 is 10.8. The molecule has 0 saturated carbocycles. The van der Waals surface area contributed by atoms with Crippen molar-refractivity contribution in [3.05, 3.63) is 0 Å². The molecule has 0 radical (unpaired) electrons. The predicted molar refractivity (Wildman–Crippen MR) is 55.3 cm³/mol. The first-order valence-electron chi connectivity index (χ1n) is 5.68. The van der Waals surface area contributed by atoms with Gasteiger partial charge in [0.2, 0.25) is 0 Å². The van der Waals surface area contributed by atoms with E-state index in [0.29, 0.717) is 13.2 Å². The molecule has 1 N–H and O–H groups in total. The Hall–Kier alpha value is -0.120. The molecule has 84 valence electrons. The van der Waals surface area contributed by atoms with Gasteiger partial charge in [-0.3, -0.25) is 0 Å². The lowest BCUT2D eigenvalue weighted by atomic mass is 9.96. The number of aliphatic hydroxyl groups is 1. The molecule has 0 bridgehead atoms. The molecule has 14 heavy (non-hydrogen) atoms. The van der Waals surface area contributed by atoms with Crippen LogP contribution in [-0.4, -0.2) is 37.6 Å². The number of hydrogen-bond donors (Lipinski definition) is 1. The molecule has 1 rings (SSSR count). The highest BCUT2D eigenvalue weighted by molar-refractivity contribution is 4.72. The van der Waals surface area contributed by atoms with Gasteiger partial charge in [0.1, 0.15) is 0 Å². The zero-order valence-corrected chi connectivity index (χ0v) is 9.08. The minimum absolute atomic E-state index is 0.182. The summed E-state index contributed by atoms with van der Waals surface area (Å²) in [6, 6.07) is 0. The molecule has 0 aromatic carbocycles. The first kappa shape index (κ1) is 12.0. The fourth-order valence-electron chi connectivity index (χ4n) is 1.64. The van der Waals surface area contributed by atoms with Crippen molar-refractivity contribution in [3.8, 4) is 0 Å². The Bertz CT molecular complexity index is 138. The van der Waals surface area contributed by atoms with E-state index in [1.807, 2.05) is 0 Å². The minimum atomic E-state index is -0.182. The first-order chi connectivity index (χ1) is 6.84. The fraction of sp³-hybridized carbons (Fsp3) is 1.00. The molecule has 0 aromatic heterocycles. The third-order valence-electron chi connectivity index (χ3n) is 2.71. The number of ether oxygens (including phenoxy) is 2. The lowest BCUT2D eigenvalue weighted by Crippen LogP contribution is -2.32. The van der Waals surface area contributed by atoms with E-state index in [2.05, 4.69) is 6.92 Å². The number of hydrogen-bond acceptors (Lipinski definition) is 3. The van der Waals surface area contributed by atoms with Crippen molar-refractivity contribution in [3.63, 3.8) is 0 Å². The summed E-state index contributed by atoms with van der Waals surface area (Å²) in [5.74, 6) is 0.283. The quantitative estimate of drug-likeness (QED) is 0.665. The standard InChI is InChI=1S/C11H22O3/c1-2-3-6-13-7-4-10-9-14-8-5-11(10)12/h10-12H,2-9H2,1H3. The third-order valence-corrected chi connectivity index (χ3v) is 2.71. The molecule has 2 atom stereocenters. The van der Waals surface area contributed by atoms with Crippen LogP contribution in [0.15, 0.2) is 0 Å². The van der Waals surface area contributed by atoms with Crippen LogP contribution < -0.4 is 0 Å². The van der Waals surface area contributed by atoms with E-state index >= 15 is 0 Å². The highest BCUT2D eigenvalue weighted by atomic mass is 16.5. The van der Waals surface area contributed by atoms with Gasteiger partial charge >= 0.3 is 0 Å². The third kappa shape index (κ3) is 4.40. The maximum Gasteiger partial charge on any atom is 0.0613 e. The van der Waals surface area contributed by atoms with Gasteiger partial charge in [0.25, 0.3) is 0 Å². The number of rotatable bonds is 6. The van der Waals surface area contributed by atoms with Crippen molar-refractivity contribution in [1.82, 2.24) is 0 Å². The van der Waals surface area contributed by atoms with E-state index in [1.54, 1.807) is 0 Å². The molecular formula is C11H22O3. The Balaban J connectivity index is 1.99. The summed E-state index contributed by atoms with van der Waals surface area (Å²) in [5.41, 5.74) is 0. The average Bonchev–Trinajstić information content (AvgIpc) is 2.20. The molecule has 0 aromatic rings. The smallest absolute Gasteiger partial charge is 0.0613 e. The summed E-state index contributed by atoms with van der Waals surface area (Å²) in [6.45, 7) is 5.15. The molecule has 1 fully saturated rings. The van der Waals surface area contributed by atoms with E-state index in [1.165, 1.54) is 6.42 Å². The second-order valence-corrected chi connectivity index (χ2v) is 3.95. The van der Waals surface area contributed by atoms with Crippen molar-refractivity contribution in [2.45, 2.75) is 38.7 Å². The minimum Gasteiger partial charge on any atom is -0.393 e. The van der Waals surface area contributed by atoms with Crippen LogP contribution in [0, 0.1) is 5.92 Å². The zero-order chi connectivity index (χ0) is 10.2. The predicted octanol–water partition coefficient (Wildman–Crippen LogP) is 1.59. The summed E-state index contributed by atoms with van der Waals surface area (Å²) in [7, 11) is 0. The lowest BCUT2D eigenvalue weighted by Gasteiger charge is -2.27. The second-order valence-electron chi connectivity index (χ2n) is 3.95. The van der Waals surface area contributed by atoms with Crippen LogP contribution in [0.1, 0.15) is 32.6 Å². The van der Waals surface area contributed by atoms with Crippen molar-refractivity contribution < 1.29 is 14.6 Å². The van der Waals surface area contributed by atoms with Gasteiger partial charge in [0.05, 0.1) is 12.7 Å². The molecule has 0 spiro atoms. The highest BCUT2D eigenvalue weighted by Gasteiger charge is 2.22. The molecule has 1 saturated heterocycles. The maximum atomic E-state index is 9.64. The highest BCUT2D eigenvalue weighted by Crippen LogP contribution is 2.17. The Morgan fingerprint density at radius 2 is 2.29 bits per heavy atom. The lowest BCUT2D eigenvalue weighted by molar-refractivity contribution is -0.0469. The molecule has 1 heterocycles. The van der Waals surface area contributed by atoms with Crippen LogP contribution in [0.2, 0.25) is 0 Å². The average molecular weight is 202 g/mol. The summed E-state index contributed by atoms with van der Waals surface area (Å²) in [5, 5.41) is 9.64. The normalized spacial score (nSPS) is 27.9. The van der Waals surface area contributed by atoms with E-state index in [9.17, 15) is 5.11 Å². The summed E-state index contributed by atoms with van der Waals surface area (Å²) >= 11 is 0. The van der Waals surface area contributed by atoms with E-state index in [-0.39, 0.29) is 12.0 Å². The SMILES string of the molecule is CCCCOCCC1COCCC1O. The molecule has 1 aliphatic rings.